The number of benzene rings is 1. The van der Waals surface area contributed by atoms with Crippen molar-refractivity contribution in [1.29, 1.82) is 0 Å². The molecule has 0 radical (unpaired) electrons. The molecule has 20 heavy (non-hydrogen) atoms. The van der Waals surface area contributed by atoms with E-state index in [0.717, 1.165) is 42.4 Å². The minimum Gasteiger partial charge on any atom is -0.488 e. The van der Waals surface area contributed by atoms with Crippen molar-refractivity contribution in [3.8, 4) is 5.75 Å². The summed E-state index contributed by atoms with van der Waals surface area (Å²) >= 11 is 5.99. The third kappa shape index (κ3) is 3.30. The molecule has 1 N–H and O–H groups in total. The molecule has 4 heteroatoms. The molecule has 3 nitrogen and oxygen atoms in total. The Morgan fingerprint density at radius 3 is 3.10 bits per heavy atom. The van der Waals surface area contributed by atoms with E-state index in [9.17, 15) is 0 Å². The summed E-state index contributed by atoms with van der Waals surface area (Å²) in [7, 11) is 0. The highest BCUT2D eigenvalue weighted by atomic mass is 35.5. The summed E-state index contributed by atoms with van der Waals surface area (Å²) in [6.45, 7) is 1.76. The third-order valence-electron chi connectivity index (χ3n) is 3.42. The summed E-state index contributed by atoms with van der Waals surface area (Å²) in [4.78, 5) is 4.30. The van der Waals surface area contributed by atoms with Crippen LogP contribution in [-0.4, -0.2) is 24.2 Å². The van der Waals surface area contributed by atoms with Gasteiger partial charge in [-0.1, -0.05) is 17.7 Å². The average molecular weight is 289 g/mol. The Labute approximate surface area is 123 Å². The second-order valence-electron chi connectivity index (χ2n) is 4.97. The molecule has 1 atom stereocenters. The van der Waals surface area contributed by atoms with E-state index in [0.29, 0.717) is 0 Å². The van der Waals surface area contributed by atoms with Crippen LogP contribution in [0.1, 0.15) is 11.3 Å². The number of nitrogens with zero attached hydrogens (tertiary/aromatic N) is 1. The molecule has 2 aromatic rings. The van der Waals surface area contributed by atoms with Crippen molar-refractivity contribution in [3.63, 3.8) is 0 Å². The maximum atomic E-state index is 5.99. The molecule has 104 valence electrons. The van der Waals surface area contributed by atoms with Gasteiger partial charge < -0.3 is 10.1 Å². The van der Waals surface area contributed by atoms with Crippen LogP contribution >= 0.6 is 11.6 Å². The number of hydrogen-bond acceptors (Lipinski definition) is 3. The van der Waals surface area contributed by atoms with Crippen molar-refractivity contribution in [2.24, 2.45) is 0 Å². The zero-order chi connectivity index (χ0) is 13.8. The standard InChI is InChI=1S/C16H17ClN2O/c17-13-4-5-16-12(9-13)10-15(20-16)11-18-8-6-14-3-1-2-7-19-14/h1-5,7,9,15,18H,6,8,10-11H2. The van der Waals surface area contributed by atoms with Gasteiger partial charge in [0.15, 0.2) is 0 Å². The summed E-state index contributed by atoms with van der Waals surface area (Å²) < 4.78 is 5.88. The van der Waals surface area contributed by atoms with Crippen LogP contribution in [-0.2, 0) is 12.8 Å². The lowest BCUT2D eigenvalue weighted by molar-refractivity contribution is 0.228. The first-order valence-electron chi connectivity index (χ1n) is 6.87. The molecule has 0 amide bonds. The fourth-order valence-electron chi connectivity index (χ4n) is 2.43. The van der Waals surface area contributed by atoms with E-state index in [4.69, 9.17) is 16.3 Å². The monoisotopic (exact) mass is 288 g/mol. The van der Waals surface area contributed by atoms with E-state index < -0.39 is 0 Å². The second kappa shape index (κ2) is 6.25. The van der Waals surface area contributed by atoms with Crippen molar-refractivity contribution >= 4 is 11.6 Å². The quantitative estimate of drug-likeness (QED) is 0.859. The van der Waals surface area contributed by atoms with Crippen LogP contribution in [0.3, 0.4) is 0 Å². The number of hydrogen-bond donors (Lipinski definition) is 1. The van der Waals surface area contributed by atoms with Crippen LogP contribution < -0.4 is 10.1 Å². The molecule has 0 bridgehead atoms. The van der Waals surface area contributed by atoms with Crippen molar-refractivity contribution in [2.75, 3.05) is 13.1 Å². The molecule has 0 aliphatic carbocycles. The van der Waals surface area contributed by atoms with Crippen LogP contribution in [0.4, 0.5) is 0 Å². The number of halogens is 1. The molecule has 1 aromatic carbocycles. The van der Waals surface area contributed by atoms with Gasteiger partial charge in [0.05, 0.1) is 0 Å². The molecule has 1 aromatic heterocycles. The van der Waals surface area contributed by atoms with Gasteiger partial charge in [0.2, 0.25) is 0 Å². The smallest absolute Gasteiger partial charge is 0.123 e. The zero-order valence-corrected chi connectivity index (χ0v) is 11.9. The molecule has 0 saturated heterocycles. The van der Waals surface area contributed by atoms with Gasteiger partial charge in [0.1, 0.15) is 11.9 Å². The van der Waals surface area contributed by atoms with Gasteiger partial charge in [0.25, 0.3) is 0 Å². The predicted molar refractivity (Wildman–Crippen MR) is 80.4 cm³/mol. The molecular weight excluding hydrogens is 272 g/mol. The van der Waals surface area contributed by atoms with E-state index in [1.54, 1.807) is 0 Å². The predicted octanol–water partition coefficient (Wildman–Crippen LogP) is 2.87. The highest BCUT2D eigenvalue weighted by Gasteiger charge is 2.22. The van der Waals surface area contributed by atoms with E-state index in [1.165, 1.54) is 5.56 Å². The van der Waals surface area contributed by atoms with E-state index in [1.807, 2.05) is 42.6 Å². The lowest BCUT2D eigenvalue weighted by atomic mass is 10.1. The first-order chi connectivity index (χ1) is 9.81. The van der Waals surface area contributed by atoms with Gasteiger partial charge in [0, 0.05) is 42.8 Å². The van der Waals surface area contributed by atoms with E-state index in [2.05, 4.69) is 10.3 Å². The van der Waals surface area contributed by atoms with Gasteiger partial charge >= 0.3 is 0 Å². The Bertz CT molecular complexity index is 574. The highest BCUT2D eigenvalue weighted by Crippen LogP contribution is 2.30. The number of rotatable bonds is 5. The topological polar surface area (TPSA) is 34.2 Å². The fourth-order valence-corrected chi connectivity index (χ4v) is 2.62. The van der Waals surface area contributed by atoms with Gasteiger partial charge in [-0.15, -0.1) is 0 Å². The Morgan fingerprint density at radius 2 is 2.25 bits per heavy atom. The first kappa shape index (κ1) is 13.4. The van der Waals surface area contributed by atoms with Crippen LogP contribution in [0.15, 0.2) is 42.6 Å². The van der Waals surface area contributed by atoms with Crippen LogP contribution in [0.5, 0.6) is 5.75 Å². The Hall–Kier alpha value is -1.58. The SMILES string of the molecule is Clc1ccc2c(c1)CC(CNCCc1ccccn1)O2. The number of aromatic nitrogens is 1. The number of ether oxygens (including phenoxy) is 1. The number of pyridine rings is 1. The maximum Gasteiger partial charge on any atom is 0.123 e. The van der Waals surface area contributed by atoms with E-state index in [-0.39, 0.29) is 6.10 Å². The lowest BCUT2D eigenvalue weighted by Gasteiger charge is -2.11. The summed E-state index contributed by atoms with van der Waals surface area (Å²) in [5.41, 5.74) is 2.32. The first-order valence-corrected chi connectivity index (χ1v) is 7.25. The second-order valence-corrected chi connectivity index (χ2v) is 5.41. The highest BCUT2D eigenvalue weighted by molar-refractivity contribution is 6.30. The van der Waals surface area contributed by atoms with Crippen molar-refractivity contribution in [2.45, 2.75) is 18.9 Å². The van der Waals surface area contributed by atoms with Gasteiger partial charge in [-0.05, 0) is 35.9 Å². The molecular formula is C16H17ClN2O. The van der Waals surface area contributed by atoms with Gasteiger partial charge in [-0.2, -0.15) is 0 Å². The molecule has 1 unspecified atom stereocenters. The molecule has 2 heterocycles. The summed E-state index contributed by atoms with van der Waals surface area (Å²) in [5.74, 6) is 0.964. The van der Waals surface area contributed by atoms with Crippen molar-refractivity contribution in [1.82, 2.24) is 10.3 Å². The summed E-state index contributed by atoms with van der Waals surface area (Å²) in [6.07, 6.45) is 3.89. The average Bonchev–Trinajstić information content (AvgIpc) is 2.86. The molecule has 1 aliphatic rings. The minimum absolute atomic E-state index is 0.201. The maximum absolute atomic E-state index is 5.99. The van der Waals surface area contributed by atoms with Crippen LogP contribution in [0.25, 0.3) is 0 Å². The van der Waals surface area contributed by atoms with Crippen LogP contribution in [0.2, 0.25) is 5.02 Å². The van der Waals surface area contributed by atoms with E-state index >= 15 is 0 Å². The molecule has 0 fully saturated rings. The molecule has 0 saturated carbocycles. The fraction of sp³-hybridized carbons (Fsp3) is 0.312. The van der Waals surface area contributed by atoms with Crippen molar-refractivity contribution < 1.29 is 4.74 Å². The van der Waals surface area contributed by atoms with Gasteiger partial charge in [-0.3, -0.25) is 4.98 Å². The summed E-state index contributed by atoms with van der Waals surface area (Å²) in [6, 6.07) is 11.8. The molecule has 1 aliphatic heterocycles. The molecule has 0 spiro atoms. The van der Waals surface area contributed by atoms with Crippen molar-refractivity contribution in [3.05, 3.63) is 58.9 Å². The number of fused-ring (bicyclic) bond motifs is 1. The Morgan fingerprint density at radius 1 is 1.30 bits per heavy atom. The van der Waals surface area contributed by atoms with Crippen LogP contribution in [0, 0.1) is 0 Å². The molecule has 3 rings (SSSR count). The largest absolute Gasteiger partial charge is 0.488 e. The third-order valence-corrected chi connectivity index (χ3v) is 3.65. The Balaban J connectivity index is 1.43. The number of nitrogens with one attached hydrogen (secondary N) is 1. The summed E-state index contributed by atoms with van der Waals surface area (Å²) in [5, 5.41) is 4.20. The zero-order valence-electron chi connectivity index (χ0n) is 11.2. The minimum atomic E-state index is 0.201. The lowest BCUT2D eigenvalue weighted by Crippen LogP contribution is -2.31. The normalized spacial score (nSPS) is 16.8. The Kier molecular flexibility index (Phi) is 4.19. The van der Waals surface area contributed by atoms with Gasteiger partial charge in [-0.25, -0.2) is 0 Å².